The second-order valence-electron chi connectivity index (χ2n) is 4.25. The normalized spacial score (nSPS) is 11.2. The number of anilines is 1. The van der Waals surface area contributed by atoms with Gasteiger partial charge in [0.25, 0.3) is 0 Å². The SMILES string of the molecule is O=C(O)c1cccc(CNc2ccc(C(F)(F)F)cc2)n1. The van der Waals surface area contributed by atoms with Crippen LogP contribution < -0.4 is 5.32 Å². The zero-order valence-electron chi connectivity index (χ0n) is 10.7. The minimum absolute atomic E-state index is 0.0817. The molecule has 2 aromatic rings. The van der Waals surface area contributed by atoms with E-state index >= 15 is 0 Å². The maximum Gasteiger partial charge on any atom is 0.416 e. The highest BCUT2D eigenvalue weighted by Crippen LogP contribution is 2.29. The molecule has 4 nitrogen and oxygen atoms in total. The molecule has 0 amide bonds. The first-order chi connectivity index (χ1) is 9.86. The molecular formula is C14H11F3N2O2. The fourth-order valence-corrected chi connectivity index (χ4v) is 1.67. The van der Waals surface area contributed by atoms with E-state index in [0.717, 1.165) is 12.1 Å². The van der Waals surface area contributed by atoms with Gasteiger partial charge >= 0.3 is 12.1 Å². The molecule has 0 bridgehead atoms. The zero-order chi connectivity index (χ0) is 15.5. The van der Waals surface area contributed by atoms with Crippen LogP contribution in [-0.4, -0.2) is 16.1 Å². The predicted molar refractivity (Wildman–Crippen MR) is 70.0 cm³/mol. The third-order valence-electron chi connectivity index (χ3n) is 2.71. The molecule has 2 N–H and O–H groups in total. The van der Waals surface area contributed by atoms with Gasteiger partial charge in [0.15, 0.2) is 0 Å². The lowest BCUT2D eigenvalue weighted by Crippen LogP contribution is -2.07. The van der Waals surface area contributed by atoms with E-state index in [0.29, 0.717) is 11.4 Å². The maximum absolute atomic E-state index is 12.4. The van der Waals surface area contributed by atoms with Gasteiger partial charge in [-0.25, -0.2) is 9.78 Å². The number of aromatic carboxylic acids is 1. The van der Waals surface area contributed by atoms with E-state index in [-0.39, 0.29) is 12.2 Å². The molecule has 1 heterocycles. The van der Waals surface area contributed by atoms with Crippen molar-refractivity contribution < 1.29 is 23.1 Å². The van der Waals surface area contributed by atoms with Crippen LogP contribution in [0.4, 0.5) is 18.9 Å². The second-order valence-corrected chi connectivity index (χ2v) is 4.25. The van der Waals surface area contributed by atoms with E-state index < -0.39 is 17.7 Å². The van der Waals surface area contributed by atoms with Crippen molar-refractivity contribution in [1.82, 2.24) is 4.98 Å². The number of hydrogen-bond donors (Lipinski definition) is 2. The number of hydrogen-bond acceptors (Lipinski definition) is 3. The van der Waals surface area contributed by atoms with Crippen LogP contribution in [-0.2, 0) is 12.7 Å². The van der Waals surface area contributed by atoms with Crippen molar-refractivity contribution in [3.8, 4) is 0 Å². The van der Waals surface area contributed by atoms with Gasteiger partial charge in [-0.3, -0.25) is 0 Å². The Morgan fingerprint density at radius 3 is 2.38 bits per heavy atom. The highest BCUT2D eigenvalue weighted by atomic mass is 19.4. The van der Waals surface area contributed by atoms with Crippen molar-refractivity contribution >= 4 is 11.7 Å². The van der Waals surface area contributed by atoms with Gasteiger partial charge < -0.3 is 10.4 Å². The van der Waals surface area contributed by atoms with Crippen LogP contribution in [0.5, 0.6) is 0 Å². The summed E-state index contributed by atoms with van der Waals surface area (Å²) in [7, 11) is 0. The molecule has 2 rings (SSSR count). The van der Waals surface area contributed by atoms with E-state index in [1.165, 1.54) is 18.2 Å². The number of rotatable bonds is 4. The molecule has 0 saturated carbocycles. The molecule has 0 atom stereocenters. The Labute approximate surface area is 118 Å². The van der Waals surface area contributed by atoms with Crippen molar-refractivity contribution in [2.45, 2.75) is 12.7 Å². The lowest BCUT2D eigenvalue weighted by Gasteiger charge is -2.09. The van der Waals surface area contributed by atoms with Crippen LogP contribution in [0.25, 0.3) is 0 Å². The topological polar surface area (TPSA) is 62.2 Å². The summed E-state index contributed by atoms with van der Waals surface area (Å²) in [4.78, 5) is 14.7. The summed E-state index contributed by atoms with van der Waals surface area (Å²) in [5.74, 6) is -1.13. The first-order valence-corrected chi connectivity index (χ1v) is 5.96. The Kier molecular flexibility index (Phi) is 4.11. The molecule has 0 saturated heterocycles. The molecule has 0 radical (unpaired) electrons. The number of nitrogens with zero attached hydrogens (tertiary/aromatic N) is 1. The molecule has 0 aliphatic heterocycles. The Morgan fingerprint density at radius 2 is 1.81 bits per heavy atom. The third kappa shape index (κ3) is 3.95. The molecule has 7 heteroatoms. The Hall–Kier alpha value is -2.57. The largest absolute Gasteiger partial charge is 0.477 e. The van der Waals surface area contributed by atoms with E-state index in [2.05, 4.69) is 10.3 Å². The van der Waals surface area contributed by atoms with Gasteiger partial charge in [0.05, 0.1) is 17.8 Å². The predicted octanol–water partition coefficient (Wildman–Crippen LogP) is 3.41. The van der Waals surface area contributed by atoms with Gasteiger partial charge in [-0.2, -0.15) is 13.2 Å². The van der Waals surface area contributed by atoms with Crippen LogP contribution in [0.2, 0.25) is 0 Å². The van der Waals surface area contributed by atoms with Crippen molar-refractivity contribution in [2.75, 3.05) is 5.32 Å². The second kappa shape index (κ2) is 5.82. The number of benzene rings is 1. The number of halogens is 3. The average Bonchev–Trinajstić information content (AvgIpc) is 2.45. The van der Waals surface area contributed by atoms with Gasteiger partial charge in [0, 0.05) is 5.69 Å². The van der Waals surface area contributed by atoms with Crippen molar-refractivity contribution in [3.05, 3.63) is 59.4 Å². The number of pyridine rings is 1. The molecule has 0 fully saturated rings. The maximum atomic E-state index is 12.4. The highest BCUT2D eigenvalue weighted by molar-refractivity contribution is 5.85. The fourth-order valence-electron chi connectivity index (χ4n) is 1.67. The lowest BCUT2D eigenvalue weighted by molar-refractivity contribution is -0.137. The number of carbonyl (C=O) groups is 1. The summed E-state index contributed by atoms with van der Waals surface area (Å²) >= 11 is 0. The first kappa shape index (κ1) is 14.8. The standard InChI is InChI=1S/C14H11F3N2O2/c15-14(16,17)9-4-6-10(7-5-9)18-8-11-2-1-3-12(19-11)13(20)21/h1-7,18H,8H2,(H,20,21). The Bertz CT molecular complexity index is 639. The first-order valence-electron chi connectivity index (χ1n) is 5.96. The smallest absolute Gasteiger partial charge is 0.416 e. The molecule has 1 aromatic heterocycles. The van der Waals surface area contributed by atoms with Crippen molar-refractivity contribution in [2.24, 2.45) is 0 Å². The Morgan fingerprint density at radius 1 is 1.14 bits per heavy atom. The molecule has 0 spiro atoms. The van der Waals surface area contributed by atoms with Gasteiger partial charge in [-0.1, -0.05) is 6.07 Å². The molecule has 21 heavy (non-hydrogen) atoms. The number of alkyl halides is 3. The molecule has 0 aliphatic carbocycles. The molecule has 1 aromatic carbocycles. The molecule has 0 unspecified atom stereocenters. The average molecular weight is 296 g/mol. The molecule has 0 aliphatic rings. The number of carboxylic acid groups (broad SMARTS) is 1. The summed E-state index contributed by atoms with van der Waals surface area (Å²) < 4.78 is 37.2. The van der Waals surface area contributed by atoms with Crippen LogP contribution in [0.1, 0.15) is 21.7 Å². The Balaban J connectivity index is 2.03. The van der Waals surface area contributed by atoms with E-state index in [9.17, 15) is 18.0 Å². The van der Waals surface area contributed by atoms with Crippen LogP contribution >= 0.6 is 0 Å². The summed E-state index contributed by atoms with van der Waals surface area (Å²) in [6.45, 7) is 0.215. The minimum atomic E-state index is -4.37. The van der Waals surface area contributed by atoms with Crippen molar-refractivity contribution in [3.63, 3.8) is 0 Å². The summed E-state index contributed by atoms with van der Waals surface area (Å²) in [6, 6.07) is 9.12. The number of carboxylic acids is 1. The molecular weight excluding hydrogens is 285 g/mol. The van der Waals surface area contributed by atoms with Gasteiger partial charge in [0.2, 0.25) is 0 Å². The van der Waals surface area contributed by atoms with Crippen LogP contribution in [0.15, 0.2) is 42.5 Å². The summed E-state index contributed by atoms with van der Waals surface area (Å²) in [5, 5.41) is 11.7. The van der Waals surface area contributed by atoms with E-state index in [4.69, 9.17) is 5.11 Å². The third-order valence-corrected chi connectivity index (χ3v) is 2.71. The minimum Gasteiger partial charge on any atom is -0.477 e. The van der Waals surface area contributed by atoms with Crippen LogP contribution in [0.3, 0.4) is 0 Å². The van der Waals surface area contributed by atoms with Crippen LogP contribution in [0, 0.1) is 0 Å². The molecule has 110 valence electrons. The quantitative estimate of drug-likeness (QED) is 0.907. The monoisotopic (exact) mass is 296 g/mol. The number of nitrogens with one attached hydrogen (secondary N) is 1. The van der Waals surface area contributed by atoms with E-state index in [1.807, 2.05) is 0 Å². The summed E-state index contributed by atoms with van der Waals surface area (Å²) in [6.07, 6.45) is -4.37. The van der Waals surface area contributed by atoms with Gasteiger partial charge in [-0.15, -0.1) is 0 Å². The van der Waals surface area contributed by atoms with Gasteiger partial charge in [-0.05, 0) is 36.4 Å². The van der Waals surface area contributed by atoms with Crippen molar-refractivity contribution in [1.29, 1.82) is 0 Å². The number of aromatic nitrogens is 1. The fraction of sp³-hybridized carbons (Fsp3) is 0.143. The highest BCUT2D eigenvalue weighted by Gasteiger charge is 2.29. The van der Waals surface area contributed by atoms with Gasteiger partial charge in [0.1, 0.15) is 5.69 Å². The van der Waals surface area contributed by atoms with E-state index in [1.54, 1.807) is 12.1 Å². The zero-order valence-corrected chi connectivity index (χ0v) is 10.7. The summed E-state index contributed by atoms with van der Waals surface area (Å²) in [5.41, 5.74) is 0.168. The lowest BCUT2D eigenvalue weighted by atomic mass is 10.2.